The molecule has 2 N–H and O–H groups in total. The highest BCUT2D eigenvalue weighted by atomic mass is 16.6. The molecule has 0 radical (unpaired) electrons. The van der Waals surface area contributed by atoms with Crippen LogP contribution in [-0.4, -0.2) is 34.1 Å². The van der Waals surface area contributed by atoms with E-state index in [9.17, 15) is 14.9 Å². The number of aromatic carboxylic acids is 1. The average Bonchev–Trinajstić information content (AvgIpc) is 2.39. The zero-order valence-electron chi connectivity index (χ0n) is 10.3. The van der Waals surface area contributed by atoms with E-state index in [0.717, 1.165) is 25.9 Å². The van der Waals surface area contributed by atoms with Gasteiger partial charge in [0.15, 0.2) is 0 Å². The summed E-state index contributed by atoms with van der Waals surface area (Å²) in [6.45, 7) is 1.77. The number of nitro benzene ring substituents is 1. The second-order valence-electron chi connectivity index (χ2n) is 4.45. The molecule has 1 fully saturated rings. The van der Waals surface area contributed by atoms with Gasteiger partial charge in [-0.05, 0) is 25.0 Å². The minimum absolute atomic E-state index is 0.297. The van der Waals surface area contributed by atoms with E-state index < -0.39 is 16.6 Å². The topological polar surface area (TPSA) is 95.7 Å². The van der Waals surface area contributed by atoms with E-state index in [2.05, 4.69) is 5.43 Å². The normalized spacial score (nSPS) is 16.0. The smallest absolute Gasteiger partial charge is 0.342 e. The van der Waals surface area contributed by atoms with E-state index in [-0.39, 0.29) is 5.56 Å². The number of nitrogens with zero attached hydrogens (tertiary/aromatic N) is 2. The van der Waals surface area contributed by atoms with Crippen molar-refractivity contribution >= 4 is 17.3 Å². The summed E-state index contributed by atoms with van der Waals surface area (Å²) >= 11 is 0. The van der Waals surface area contributed by atoms with Gasteiger partial charge in [-0.25, -0.2) is 9.80 Å². The van der Waals surface area contributed by atoms with Gasteiger partial charge in [0.25, 0.3) is 5.69 Å². The summed E-state index contributed by atoms with van der Waals surface area (Å²) in [5, 5.41) is 21.8. The first-order valence-corrected chi connectivity index (χ1v) is 6.11. The van der Waals surface area contributed by atoms with Gasteiger partial charge in [-0.3, -0.25) is 10.1 Å². The number of nitrogens with one attached hydrogen (secondary N) is 1. The molecule has 0 atom stereocenters. The summed E-state index contributed by atoms with van der Waals surface area (Å²) in [7, 11) is 0. The maximum Gasteiger partial charge on any atom is 0.342 e. The molecule has 0 aliphatic carbocycles. The van der Waals surface area contributed by atoms with Crippen molar-refractivity contribution in [2.45, 2.75) is 19.3 Å². The Balaban J connectivity index is 2.20. The third-order valence-electron chi connectivity index (χ3n) is 3.07. The van der Waals surface area contributed by atoms with E-state index in [4.69, 9.17) is 5.11 Å². The van der Waals surface area contributed by atoms with Gasteiger partial charge in [0.1, 0.15) is 5.56 Å². The van der Waals surface area contributed by atoms with Crippen LogP contribution in [0.15, 0.2) is 18.2 Å². The van der Waals surface area contributed by atoms with Crippen molar-refractivity contribution in [3.63, 3.8) is 0 Å². The highest BCUT2D eigenvalue weighted by molar-refractivity contribution is 5.93. The number of anilines is 1. The second kappa shape index (κ2) is 5.66. The minimum atomic E-state index is -1.30. The molecule has 1 saturated heterocycles. The van der Waals surface area contributed by atoms with Crippen LogP contribution in [0.1, 0.15) is 29.6 Å². The minimum Gasteiger partial charge on any atom is -0.477 e. The molecule has 0 aromatic heterocycles. The molecule has 1 aromatic carbocycles. The van der Waals surface area contributed by atoms with Gasteiger partial charge in [-0.15, -0.1) is 0 Å². The first kappa shape index (κ1) is 13.3. The van der Waals surface area contributed by atoms with Crippen LogP contribution in [0.2, 0.25) is 0 Å². The summed E-state index contributed by atoms with van der Waals surface area (Å²) in [6, 6.07) is 4.07. The fourth-order valence-electron chi connectivity index (χ4n) is 2.12. The van der Waals surface area contributed by atoms with Gasteiger partial charge in [-0.1, -0.05) is 6.42 Å². The van der Waals surface area contributed by atoms with Crippen LogP contribution in [0.4, 0.5) is 11.4 Å². The summed E-state index contributed by atoms with van der Waals surface area (Å²) in [6.07, 6.45) is 3.36. The van der Waals surface area contributed by atoms with E-state index in [1.807, 2.05) is 5.01 Å². The molecule has 0 amide bonds. The van der Waals surface area contributed by atoms with Crippen LogP contribution in [0.25, 0.3) is 0 Å². The summed E-state index contributed by atoms with van der Waals surface area (Å²) in [5.41, 5.74) is 2.93. The van der Waals surface area contributed by atoms with Gasteiger partial charge < -0.3 is 10.5 Å². The number of carboxylic acid groups (broad SMARTS) is 1. The van der Waals surface area contributed by atoms with Gasteiger partial charge in [0.2, 0.25) is 0 Å². The molecule has 0 bridgehead atoms. The molecule has 0 spiro atoms. The lowest BCUT2D eigenvalue weighted by Gasteiger charge is -2.27. The lowest BCUT2D eigenvalue weighted by atomic mass is 10.1. The average molecular weight is 265 g/mol. The molecule has 19 heavy (non-hydrogen) atoms. The Morgan fingerprint density at radius 1 is 1.32 bits per heavy atom. The maximum absolute atomic E-state index is 10.9. The number of benzene rings is 1. The summed E-state index contributed by atoms with van der Waals surface area (Å²) in [4.78, 5) is 21.1. The largest absolute Gasteiger partial charge is 0.477 e. The van der Waals surface area contributed by atoms with Crippen molar-refractivity contribution in [1.29, 1.82) is 0 Å². The Morgan fingerprint density at radius 3 is 2.58 bits per heavy atom. The molecule has 2 rings (SSSR count). The van der Waals surface area contributed by atoms with Crippen molar-refractivity contribution in [2.75, 3.05) is 18.5 Å². The first-order chi connectivity index (χ1) is 9.08. The van der Waals surface area contributed by atoms with E-state index >= 15 is 0 Å². The number of piperidine rings is 1. The number of carboxylic acids is 1. The van der Waals surface area contributed by atoms with Crippen molar-refractivity contribution in [1.82, 2.24) is 5.01 Å². The Bertz CT molecular complexity index is 498. The predicted octanol–water partition coefficient (Wildman–Crippen LogP) is 2.11. The Morgan fingerprint density at radius 2 is 2.00 bits per heavy atom. The van der Waals surface area contributed by atoms with E-state index in [0.29, 0.717) is 5.69 Å². The molecular weight excluding hydrogens is 250 g/mol. The molecule has 102 valence electrons. The van der Waals surface area contributed by atoms with Gasteiger partial charge in [0, 0.05) is 19.2 Å². The predicted molar refractivity (Wildman–Crippen MR) is 69.1 cm³/mol. The molecule has 7 heteroatoms. The van der Waals surface area contributed by atoms with Crippen LogP contribution in [0.5, 0.6) is 0 Å². The fourth-order valence-corrected chi connectivity index (χ4v) is 2.12. The van der Waals surface area contributed by atoms with Gasteiger partial charge >= 0.3 is 5.97 Å². The van der Waals surface area contributed by atoms with Crippen molar-refractivity contribution in [3.05, 3.63) is 33.9 Å². The summed E-state index contributed by atoms with van der Waals surface area (Å²) < 4.78 is 0. The number of nitro groups is 1. The van der Waals surface area contributed by atoms with Crippen LogP contribution >= 0.6 is 0 Å². The second-order valence-corrected chi connectivity index (χ2v) is 4.45. The molecule has 0 saturated carbocycles. The monoisotopic (exact) mass is 265 g/mol. The SMILES string of the molecule is O=C(O)c1ccc(NN2CCCCC2)cc1[N+](=O)[O-]. The molecule has 1 heterocycles. The molecule has 1 aromatic rings. The van der Waals surface area contributed by atoms with Crippen molar-refractivity contribution in [2.24, 2.45) is 0 Å². The van der Waals surface area contributed by atoms with Crippen LogP contribution in [0, 0.1) is 10.1 Å². The van der Waals surface area contributed by atoms with E-state index in [1.165, 1.54) is 18.6 Å². The number of hydrogen-bond acceptors (Lipinski definition) is 5. The number of hydrazine groups is 1. The Hall–Kier alpha value is -2.15. The summed E-state index contributed by atoms with van der Waals surface area (Å²) in [5.74, 6) is -1.30. The first-order valence-electron chi connectivity index (χ1n) is 6.11. The molecule has 1 aliphatic rings. The zero-order valence-corrected chi connectivity index (χ0v) is 10.3. The highest BCUT2D eigenvalue weighted by Gasteiger charge is 2.20. The van der Waals surface area contributed by atoms with E-state index in [1.54, 1.807) is 6.07 Å². The van der Waals surface area contributed by atoms with Crippen molar-refractivity contribution in [3.8, 4) is 0 Å². The molecular formula is C12H15N3O4. The zero-order chi connectivity index (χ0) is 13.8. The van der Waals surface area contributed by atoms with Gasteiger partial charge in [-0.2, -0.15) is 0 Å². The Labute approximate surface area is 110 Å². The standard InChI is InChI=1S/C12H15N3O4/c16-12(17)10-5-4-9(8-11(10)15(18)19)13-14-6-2-1-3-7-14/h4-5,8,13H,1-3,6-7H2,(H,16,17). The number of carbonyl (C=O) groups is 1. The fraction of sp³-hybridized carbons (Fsp3) is 0.417. The number of hydrogen-bond donors (Lipinski definition) is 2. The van der Waals surface area contributed by atoms with Crippen LogP contribution in [0.3, 0.4) is 0 Å². The quantitative estimate of drug-likeness (QED) is 0.639. The third-order valence-corrected chi connectivity index (χ3v) is 3.07. The lowest BCUT2D eigenvalue weighted by Crippen LogP contribution is -2.34. The van der Waals surface area contributed by atoms with Gasteiger partial charge in [0.05, 0.1) is 10.6 Å². The highest BCUT2D eigenvalue weighted by Crippen LogP contribution is 2.24. The molecule has 1 aliphatic heterocycles. The van der Waals surface area contributed by atoms with Crippen LogP contribution in [-0.2, 0) is 0 Å². The van der Waals surface area contributed by atoms with Crippen molar-refractivity contribution < 1.29 is 14.8 Å². The molecule has 7 nitrogen and oxygen atoms in total. The molecule has 0 unspecified atom stereocenters. The Kier molecular flexibility index (Phi) is 3.96. The number of rotatable bonds is 4. The maximum atomic E-state index is 10.9. The third kappa shape index (κ3) is 3.19. The van der Waals surface area contributed by atoms with Crippen LogP contribution < -0.4 is 5.43 Å². The lowest BCUT2D eigenvalue weighted by molar-refractivity contribution is -0.385.